The number of anilines is 1. The Morgan fingerprint density at radius 3 is 2.58 bits per heavy atom. The van der Waals surface area contributed by atoms with Crippen molar-refractivity contribution in [1.29, 1.82) is 0 Å². The van der Waals surface area contributed by atoms with E-state index in [4.69, 9.17) is 16.1 Å². The van der Waals surface area contributed by atoms with Crippen molar-refractivity contribution >= 4 is 29.1 Å². The van der Waals surface area contributed by atoms with Crippen molar-refractivity contribution in [3.05, 3.63) is 100 Å². The van der Waals surface area contributed by atoms with Gasteiger partial charge in [0.25, 0.3) is 11.8 Å². The van der Waals surface area contributed by atoms with E-state index >= 15 is 0 Å². The van der Waals surface area contributed by atoms with Crippen LogP contribution in [0.4, 0.5) is 10.1 Å². The minimum Gasteiger partial charge on any atom is -0.360 e. The number of nitrogens with one attached hydrogen (secondary N) is 2. The number of aryl methyl sites for hydroxylation is 1. The summed E-state index contributed by atoms with van der Waals surface area (Å²) in [5.74, 6) is -1.14. The quantitative estimate of drug-likeness (QED) is 0.417. The summed E-state index contributed by atoms with van der Waals surface area (Å²) in [6.45, 7) is 1.72. The van der Waals surface area contributed by atoms with Gasteiger partial charge in [-0.3, -0.25) is 14.6 Å². The summed E-state index contributed by atoms with van der Waals surface area (Å²) in [6.07, 6.45) is 3.08. The number of rotatable bonds is 6. The topological polar surface area (TPSA) is 97.1 Å². The predicted molar refractivity (Wildman–Crippen MR) is 121 cm³/mol. The molecule has 2 N–H and O–H groups in total. The first kappa shape index (κ1) is 22.2. The van der Waals surface area contributed by atoms with E-state index in [0.29, 0.717) is 11.3 Å². The fourth-order valence-electron chi connectivity index (χ4n) is 3.27. The Hall–Kier alpha value is -4.04. The van der Waals surface area contributed by atoms with E-state index in [-0.39, 0.29) is 40.1 Å². The maximum Gasteiger partial charge on any atom is 0.257 e. The lowest BCUT2D eigenvalue weighted by molar-refractivity contribution is 0.0949. The first-order chi connectivity index (χ1) is 15.9. The Labute approximate surface area is 193 Å². The average Bonchev–Trinajstić information content (AvgIpc) is 3.19. The van der Waals surface area contributed by atoms with Gasteiger partial charge in [0, 0.05) is 30.2 Å². The fraction of sp³-hybridized carbons (Fsp3) is 0.0833. The number of hydrogen-bond acceptors (Lipinski definition) is 5. The van der Waals surface area contributed by atoms with E-state index in [9.17, 15) is 14.0 Å². The van der Waals surface area contributed by atoms with Gasteiger partial charge in [0.05, 0.1) is 10.6 Å². The summed E-state index contributed by atoms with van der Waals surface area (Å²) in [5.41, 5.74) is 1.93. The lowest BCUT2D eigenvalue weighted by Crippen LogP contribution is -2.24. The third-order valence-corrected chi connectivity index (χ3v) is 5.18. The number of nitrogens with zero attached hydrogens (tertiary/aromatic N) is 2. The largest absolute Gasteiger partial charge is 0.360 e. The van der Waals surface area contributed by atoms with Crippen LogP contribution in [0.1, 0.15) is 32.0 Å². The van der Waals surface area contributed by atoms with E-state index < -0.39 is 11.7 Å². The van der Waals surface area contributed by atoms with E-state index in [0.717, 1.165) is 5.56 Å². The molecule has 2 heterocycles. The number of amides is 2. The summed E-state index contributed by atoms with van der Waals surface area (Å²) >= 11 is 6.13. The first-order valence-electron chi connectivity index (χ1n) is 9.93. The summed E-state index contributed by atoms with van der Waals surface area (Å²) in [7, 11) is 0. The molecular weight excluding hydrogens is 447 g/mol. The van der Waals surface area contributed by atoms with E-state index in [1.54, 1.807) is 43.3 Å². The minimum atomic E-state index is -0.609. The molecular formula is C24H18ClFN4O3. The SMILES string of the molecule is Cc1onc(-c2c(F)cccc2Cl)c1C(=O)NCc1cccc(NC(=O)c2ccncc2)c1. The van der Waals surface area contributed by atoms with Crippen LogP contribution in [0.2, 0.25) is 5.02 Å². The molecule has 7 nitrogen and oxygen atoms in total. The van der Waals surface area contributed by atoms with Crippen LogP contribution in [0.5, 0.6) is 0 Å². The van der Waals surface area contributed by atoms with Gasteiger partial charge in [-0.1, -0.05) is 35.0 Å². The second-order valence-corrected chi connectivity index (χ2v) is 7.54. The smallest absolute Gasteiger partial charge is 0.257 e. The maximum absolute atomic E-state index is 14.4. The van der Waals surface area contributed by atoms with Crippen LogP contribution in [0, 0.1) is 12.7 Å². The molecule has 0 fully saturated rings. The molecule has 2 aromatic heterocycles. The van der Waals surface area contributed by atoms with Gasteiger partial charge in [-0.15, -0.1) is 0 Å². The highest BCUT2D eigenvalue weighted by molar-refractivity contribution is 6.33. The molecule has 9 heteroatoms. The molecule has 0 bridgehead atoms. The highest BCUT2D eigenvalue weighted by Gasteiger charge is 2.25. The molecule has 0 aliphatic carbocycles. The molecule has 0 radical (unpaired) electrons. The normalized spacial score (nSPS) is 10.6. The first-order valence-corrected chi connectivity index (χ1v) is 10.3. The van der Waals surface area contributed by atoms with Crippen molar-refractivity contribution in [3.8, 4) is 11.3 Å². The average molecular weight is 465 g/mol. The van der Waals surface area contributed by atoms with E-state index in [2.05, 4.69) is 20.8 Å². The second-order valence-electron chi connectivity index (χ2n) is 7.13. The zero-order valence-electron chi connectivity index (χ0n) is 17.4. The van der Waals surface area contributed by atoms with Crippen LogP contribution in [0.15, 0.2) is 71.5 Å². The molecule has 0 atom stereocenters. The summed E-state index contributed by atoms with van der Waals surface area (Å²) < 4.78 is 19.5. The van der Waals surface area contributed by atoms with Crippen molar-refractivity contribution in [2.45, 2.75) is 13.5 Å². The number of pyridine rings is 1. The highest BCUT2D eigenvalue weighted by atomic mass is 35.5. The molecule has 4 rings (SSSR count). The number of aromatic nitrogens is 2. The Bertz CT molecular complexity index is 1300. The van der Waals surface area contributed by atoms with Crippen LogP contribution in [-0.2, 0) is 6.54 Å². The van der Waals surface area contributed by atoms with Crippen LogP contribution < -0.4 is 10.6 Å². The molecule has 0 aliphatic heterocycles. The molecule has 33 heavy (non-hydrogen) atoms. The highest BCUT2D eigenvalue weighted by Crippen LogP contribution is 2.33. The number of halogens is 2. The molecule has 2 amide bonds. The lowest BCUT2D eigenvalue weighted by atomic mass is 10.0. The predicted octanol–water partition coefficient (Wildman–Crippen LogP) is 5.02. The van der Waals surface area contributed by atoms with Gasteiger partial charge in [0.2, 0.25) is 0 Å². The summed E-state index contributed by atoms with van der Waals surface area (Å²) in [4.78, 5) is 29.1. The molecule has 166 valence electrons. The van der Waals surface area contributed by atoms with Crippen molar-refractivity contribution in [1.82, 2.24) is 15.5 Å². The molecule has 0 saturated heterocycles. The third kappa shape index (κ3) is 4.91. The van der Waals surface area contributed by atoms with Crippen LogP contribution in [0.3, 0.4) is 0 Å². The number of benzene rings is 2. The number of hydrogen-bond donors (Lipinski definition) is 2. The third-order valence-electron chi connectivity index (χ3n) is 4.87. The van der Waals surface area contributed by atoms with Gasteiger partial charge in [-0.2, -0.15) is 0 Å². The van der Waals surface area contributed by atoms with Gasteiger partial charge in [0.1, 0.15) is 22.8 Å². The summed E-state index contributed by atoms with van der Waals surface area (Å²) in [5, 5.41) is 9.55. The maximum atomic E-state index is 14.4. The Morgan fingerprint density at radius 2 is 1.82 bits per heavy atom. The molecule has 0 aliphatic rings. The monoisotopic (exact) mass is 464 g/mol. The van der Waals surface area contributed by atoms with Crippen LogP contribution in [-0.4, -0.2) is 22.0 Å². The Morgan fingerprint density at radius 1 is 1.06 bits per heavy atom. The zero-order valence-corrected chi connectivity index (χ0v) is 18.2. The number of carbonyl (C=O) groups excluding carboxylic acids is 2. The Balaban J connectivity index is 1.49. The van der Waals surface area contributed by atoms with Gasteiger partial charge >= 0.3 is 0 Å². The lowest BCUT2D eigenvalue weighted by Gasteiger charge is -2.10. The van der Waals surface area contributed by atoms with Crippen molar-refractivity contribution in [3.63, 3.8) is 0 Å². The van der Waals surface area contributed by atoms with Crippen molar-refractivity contribution in [2.24, 2.45) is 0 Å². The fourth-order valence-corrected chi connectivity index (χ4v) is 3.52. The van der Waals surface area contributed by atoms with Crippen molar-refractivity contribution < 1.29 is 18.5 Å². The minimum absolute atomic E-state index is 0.00184. The molecule has 4 aromatic rings. The molecule has 2 aromatic carbocycles. The Kier molecular flexibility index (Phi) is 6.46. The summed E-state index contributed by atoms with van der Waals surface area (Å²) in [6, 6.07) is 14.5. The molecule has 0 spiro atoms. The van der Waals surface area contributed by atoms with Gasteiger partial charge in [0.15, 0.2) is 0 Å². The van der Waals surface area contributed by atoms with E-state index in [1.165, 1.54) is 30.6 Å². The van der Waals surface area contributed by atoms with E-state index in [1.807, 2.05) is 0 Å². The molecule has 0 saturated carbocycles. The van der Waals surface area contributed by atoms with Crippen LogP contribution >= 0.6 is 11.6 Å². The van der Waals surface area contributed by atoms with Gasteiger partial charge in [-0.25, -0.2) is 4.39 Å². The van der Waals surface area contributed by atoms with Gasteiger partial charge < -0.3 is 15.2 Å². The zero-order chi connectivity index (χ0) is 23.4. The number of carbonyl (C=O) groups is 2. The second kappa shape index (κ2) is 9.62. The van der Waals surface area contributed by atoms with Gasteiger partial charge in [-0.05, 0) is 48.9 Å². The molecule has 0 unspecified atom stereocenters. The van der Waals surface area contributed by atoms with Crippen LogP contribution in [0.25, 0.3) is 11.3 Å². The van der Waals surface area contributed by atoms with Crippen molar-refractivity contribution in [2.75, 3.05) is 5.32 Å². The standard InChI is InChI=1S/C24H18ClFN4O3/c1-14-20(22(30-33-14)21-18(25)6-3-7-19(21)26)24(32)28-13-15-4-2-5-17(12-15)29-23(31)16-8-10-27-11-9-16/h2-12H,13H2,1H3,(H,28,32)(H,29,31).